The van der Waals surface area contributed by atoms with E-state index < -0.39 is 0 Å². The first-order valence-electron chi connectivity index (χ1n) is 5.57. The lowest BCUT2D eigenvalue weighted by atomic mass is 10.0. The summed E-state index contributed by atoms with van der Waals surface area (Å²) >= 11 is 0. The lowest BCUT2D eigenvalue weighted by Crippen LogP contribution is -2.23. The highest BCUT2D eigenvalue weighted by molar-refractivity contribution is 5.18. The maximum atomic E-state index is 5.35. The minimum atomic E-state index is 0.0703. The molecule has 0 bridgehead atoms. The van der Waals surface area contributed by atoms with Crippen LogP contribution in [0.1, 0.15) is 30.3 Å². The van der Waals surface area contributed by atoms with Gasteiger partial charge in [0.15, 0.2) is 0 Å². The Hall–Kier alpha value is -1.42. The lowest BCUT2D eigenvalue weighted by Gasteiger charge is -2.21. The van der Waals surface area contributed by atoms with Gasteiger partial charge in [-0.25, -0.2) is 9.97 Å². The summed E-state index contributed by atoms with van der Waals surface area (Å²) in [5.74, 6) is 0.810. The van der Waals surface area contributed by atoms with Crippen molar-refractivity contribution < 1.29 is 4.74 Å². The van der Waals surface area contributed by atoms with E-state index in [0.717, 1.165) is 30.8 Å². The highest BCUT2D eigenvalue weighted by atomic mass is 16.5. The molecule has 86 valence electrons. The predicted molar refractivity (Wildman–Crippen MR) is 61.8 cm³/mol. The standard InChI is InChI=1S/C12H17N3O/c1-9-6-14-12(15-7-9)11(13-2)10-4-3-5-16-8-10/h6-8,11,13H,3-5H2,1-2H3. The molecule has 1 aliphatic rings. The third kappa shape index (κ3) is 2.39. The fraction of sp³-hybridized carbons (Fsp3) is 0.500. The van der Waals surface area contributed by atoms with Gasteiger partial charge < -0.3 is 10.1 Å². The van der Waals surface area contributed by atoms with Gasteiger partial charge in [-0.3, -0.25) is 0 Å². The van der Waals surface area contributed by atoms with E-state index in [1.54, 1.807) is 0 Å². The smallest absolute Gasteiger partial charge is 0.149 e. The van der Waals surface area contributed by atoms with Crippen molar-refractivity contribution in [3.63, 3.8) is 0 Å². The normalized spacial score (nSPS) is 17.5. The molecule has 1 aliphatic heterocycles. The molecular weight excluding hydrogens is 202 g/mol. The molecule has 0 aliphatic carbocycles. The molecule has 16 heavy (non-hydrogen) atoms. The molecule has 1 aromatic rings. The average molecular weight is 219 g/mol. The number of aromatic nitrogens is 2. The van der Waals surface area contributed by atoms with Crippen molar-refractivity contribution in [2.45, 2.75) is 25.8 Å². The van der Waals surface area contributed by atoms with Gasteiger partial charge in [0.25, 0.3) is 0 Å². The van der Waals surface area contributed by atoms with Crippen molar-refractivity contribution in [2.24, 2.45) is 0 Å². The van der Waals surface area contributed by atoms with E-state index in [9.17, 15) is 0 Å². The van der Waals surface area contributed by atoms with Crippen molar-refractivity contribution >= 4 is 0 Å². The molecule has 1 aromatic heterocycles. The zero-order valence-corrected chi connectivity index (χ0v) is 9.73. The van der Waals surface area contributed by atoms with E-state index in [4.69, 9.17) is 4.74 Å². The fourth-order valence-corrected chi connectivity index (χ4v) is 1.83. The molecule has 0 radical (unpaired) electrons. The zero-order valence-electron chi connectivity index (χ0n) is 9.73. The molecule has 0 saturated carbocycles. The maximum absolute atomic E-state index is 5.35. The van der Waals surface area contributed by atoms with Crippen LogP contribution in [0.2, 0.25) is 0 Å². The van der Waals surface area contributed by atoms with E-state index in [-0.39, 0.29) is 6.04 Å². The van der Waals surface area contributed by atoms with Crippen LogP contribution < -0.4 is 5.32 Å². The van der Waals surface area contributed by atoms with Crippen LogP contribution in [-0.4, -0.2) is 23.6 Å². The number of ether oxygens (including phenoxy) is 1. The summed E-state index contributed by atoms with van der Waals surface area (Å²) in [5, 5.41) is 3.23. The minimum Gasteiger partial charge on any atom is -0.501 e. The fourth-order valence-electron chi connectivity index (χ4n) is 1.83. The average Bonchev–Trinajstić information content (AvgIpc) is 2.34. The van der Waals surface area contributed by atoms with Crippen LogP contribution in [0.5, 0.6) is 0 Å². The summed E-state index contributed by atoms with van der Waals surface area (Å²) in [7, 11) is 1.92. The first-order chi connectivity index (χ1) is 7.81. The van der Waals surface area contributed by atoms with Crippen LogP contribution in [0.4, 0.5) is 0 Å². The summed E-state index contributed by atoms with van der Waals surface area (Å²) in [6.07, 6.45) is 7.64. The molecular formula is C12H17N3O. The van der Waals surface area contributed by atoms with Crippen molar-refractivity contribution in [3.05, 3.63) is 35.6 Å². The summed E-state index contributed by atoms with van der Waals surface area (Å²) < 4.78 is 5.35. The number of hydrogen-bond acceptors (Lipinski definition) is 4. The lowest BCUT2D eigenvalue weighted by molar-refractivity contribution is 0.219. The molecule has 4 nitrogen and oxygen atoms in total. The second-order valence-corrected chi connectivity index (χ2v) is 4.01. The Morgan fingerprint density at radius 3 is 2.69 bits per heavy atom. The Morgan fingerprint density at radius 1 is 1.38 bits per heavy atom. The summed E-state index contributed by atoms with van der Waals surface area (Å²) in [4.78, 5) is 8.71. The van der Waals surface area contributed by atoms with Gasteiger partial charge in [0.2, 0.25) is 0 Å². The molecule has 2 rings (SSSR count). The molecule has 2 heterocycles. The van der Waals surface area contributed by atoms with Gasteiger partial charge in [0.05, 0.1) is 18.9 Å². The summed E-state index contributed by atoms with van der Waals surface area (Å²) in [5.41, 5.74) is 2.30. The predicted octanol–water partition coefficient (Wildman–Crippen LogP) is 1.74. The number of rotatable bonds is 3. The van der Waals surface area contributed by atoms with Gasteiger partial charge in [-0.05, 0) is 37.9 Å². The quantitative estimate of drug-likeness (QED) is 0.841. The number of aryl methyl sites for hydroxylation is 1. The largest absolute Gasteiger partial charge is 0.501 e. The van der Waals surface area contributed by atoms with Gasteiger partial charge in [-0.2, -0.15) is 0 Å². The number of likely N-dealkylation sites (N-methyl/N-ethyl adjacent to an activating group) is 1. The second kappa shape index (κ2) is 5.07. The van der Waals surface area contributed by atoms with Crippen molar-refractivity contribution in [2.75, 3.05) is 13.7 Å². The second-order valence-electron chi connectivity index (χ2n) is 4.01. The molecule has 4 heteroatoms. The summed E-state index contributed by atoms with van der Waals surface area (Å²) in [6, 6.07) is 0.0703. The molecule has 1 unspecified atom stereocenters. The van der Waals surface area contributed by atoms with Crippen LogP contribution >= 0.6 is 0 Å². The van der Waals surface area contributed by atoms with Crippen LogP contribution in [-0.2, 0) is 4.74 Å². The number of hydrogen-bond donors (Lipinski definition) is 1. The third-order valence-corrected chi connectivity index (χ3v) is 2.68. The van der Waals surface area contributed by atoms with Crippen molar-refractivity contribution in [3.8, 4) is 0 Å². The van der Waals surface area contributed by atoms with E-state index in [1.165, 1.54) is 5.57 Å². The van der Waals surface area contributed by atoms with Crippen molar-refractivity contribution in [1.82, 2.24) is 15.3 Å². The minimum absolute atomic E-state index is 0.0703. The van der Waals surface area contributed by atoms with Gasteiger partial charge >= 0.3 is 0 Å². The Morgan fingerprint density at radius 2 is 2.12 bits per heavy atom. The Bertz CT molecular complexity index is 372. The zero-order chi connectivity index (χ0) is 11.4. The monoisotopic (exact) mass is 219 g/mol. The van der Waals surface area contributed by atoms with Gasteiger partial charge in [-0.15, -0.1) is 0 Å². The molecule has 1 N–H and O–H groups in total. The third-order valence-electron chi connectivity index (χ3n) is 2.68. The summed E-state index contributed by atoms with van der Waals surface area (Å²) in [6.45, 7) is 2.80. The highest BCUT2D eigenvalue weighted by Crippen LogP contribution is 2.24. The molecule has 0 fully saturated rings. The number of nitrogens with one attached hydrogen (secondary N) is 1. The molecule has 0 saturated heterocycles. The van der Waals surface area contributed by atoms with Crippen LogP contribution in [0, 0.1) is 6.92 Å². The Kier molecular flexibility index (Phi) is 3.51. The van der Waals surface area contributed by atoms with Crippen LogP contribution in [0.15, 0.2) is 24.2 Å². The van der Waals surface area contributed by atoms with E-state index in [0.29, 0.717) is 0 Å². The van der Waals surface area contributed by atoms with E-state index >= 15 is 0 Å². The van der Waals surface area contributed by atoms with Crippen LogP contribution in [0.25, 0.3) is 0 Å². The van der Waals surface area contributed by atoms with E-state index in [1.807, 2.05) is 32.6 Å². The van der Waals surface area contributed by atoms with Gasteiger partial charge in [0, 0.05) is 12.4 Å². The Balaban J connectivity index is 2.21. The molecule has 1 atom stereocenters. The number of nitrogens with zero attached hydrogens (tertiary/aromatic N) is 2. The molecule has 0 amide bonds. The SMILES string of the molecule is CNC(C1=COCCC1)c1ncc(C)cn1. The highest BCUT2D eigenvalue weighted by Gasteiger charge is 2.19. The first-order valence-corrected chi connectivity index (χ1v) is 5.57. The topological polar surface area (TPSA) is 47.0 Å². The maximum Gasteiger partial charge on any atom is 0.149 e. The molecule has 0 spiro atoms. The van der Waals surface area contributed by atoms with Crippen LogP contribution in [0.3, 0.4) is 0 Å². The van der Waals surface area contributed by atoms with Gasteiger partial charge in [-0.1, -0.05) is 0 Å². The van der Waals surface area contributed by atoms with Crippen molar-refractivity contribution in [1.29, 1.82) is 0 Å². The Labute approximate surface area is 95.8 Å². The van der Waals surface area contributed by atoms with E-state index in [2.05, 4.69) is 15.3 Å². The molecule has 0 aromatic carbocycles. The first kappa shape index (κ1) is 11.1. The van der Waals surface area contributed by atoms with Gasteiger partial charge in [0.1, 0.15) is 5.82 Å².